The summed E-state index contributed by atoms with van der Waals surface area (Å²) in [7, 11) is 0. The molecule has 0 atom stereocenters. The number of aromatic nitrogens is 3. The van der Waals surface area contributed by atoms with Crippen molar-refractivity contribution < 1.29 is 9.32 Å². The van der Waals surface area contributed by atoms with Crippen LogP contribution in [0.1, 0.15) is 16.1 Å². The summed E-state index contributed by atoms with van der Waals surface area (Å²) in [6, 6.07) is 8.45. The molecule has 0 spiro atoms. The van der Waals surface area contributed by atoms with E-state index < -0.39 is 0 Å². The molecule has 2 aromatic heterocycles. The van der Waals surface area contributed by atoms with E-state index in [9.17, 15) is 9.59 Å². The normalized spacial score (nSPS) is 10.6. The first kappa shape index (κ1) is 16.9. The van der Waals surface area contributed by atoms with Gasteiger partial charge in [0.2, 0.25) is 0 Å². The summed E-state index contributed by atoms with van der Waals surface area (Å²) in [5.41, 5.74) is 1.16. The lowest BCUT2D eigenvalue weighted by Gasteiger charge is -2.08. The van der Waals surface area contributed by atoms with Gasteiger partial charge in [0.05, 0.1) is 11.3 Å². The van der Waals surface area contributed by atoms with E-state index in [0.717, 1.165) is 0 Å². The standard InChI is InChI=1S/C17H15ClN4O3/c1-11-15(16(21-25-11)12-4-2-3-5-13(12)18)17(24)20-8-9-22-10-19-7-6-14(22)23/h2-7,10H,8-9H2,1H3,(H,20,24). The number of carbonyl (C=O) groups excluding carboxylic acids is 1. The van der Waals surface area contributed by atoms with Crippen LogP contribution in [0.25, 0.3) is 11.3 Å². The van der Waals surface area contributed by atoms with Crippen LogP contribution in [0.3, 0.4) is 0 Å². The Morgan fingerprint density at radius 2 is 2.12 bits per heavy atom. The number of nitrogens with one attached hydrogen (secondary N) is 1. The number of hydrogen-bond donors (Lipinski definition) is 1. The Morgan fingerprint density at radius 1 is 1.32 bits per heavy atom. The third kappa shape index (κ3) is 3.61. The predicted octanol–water partition coefficient (Wildman–Crippen LogP) is 2.29. The topological polar surface area (TPSA) is 90.0 Å². The molecule has 1 amide bonds. The summed E-state index contributed by atoms with van der Waals surface area (Å²) >= 11 is 6.19. The largest absolute Gasteiger partial charge is 0.360 e. The minimum atomic E-state index is -0.342. The average molecular weight is 359 g/mol. The molecular weight excluding hydrogens is 344 g/mol. The molecule has 0 saturated heterocycles. The van der Waals surface area contributed by atoms with Crippen LogP contribution in [0.15, 0.2) is 52.2 Å². The van der Waals surface area contributed by atoms with Crippen LogP contribution in [-0.2, 0) is 6.54 Å². The van der Waals surface area contributed by atoms with Crippen LogP contribution >= 0.6 is 11.6 Å². The maximum absolute atomic E-state index is 12.6. The number of aryl methyl sites for hydroxylation is 1. The van der Waals surface area contributed by atoms with Gasteiger partial charge in [-0.1, -0.05) is 35.0 Å². The third-order valence-corrected chi connectivity index (χ3v) is 3.98. The van der Waals surface area contributed by atoms with Gasteiger partial charge in [-0.05, 0) is 13.0 Å². The molecule has 0 radical (unpaired) electrons. The number of rotatable bonds is 5. The maximum Gasteiger partial charge on any atom is 0.257 e. The third-order valence-electron chi connectivity index (χ3n) is 3.65. The lowest BCUT2D eigenvalue weighted by Crippen LogP contribution is -2.31. The molecule has 128 valence electrons. The highest BCUT2D eigenvalue weighted by Crippen LogP contribution is 2.30. The van der Waals surface area contributed by atoms with Crippen LogP contribution in [0.5, 0.6) is 0 Å². The van der Waals surface area contributed by atoms with Crippen LogP contribution in [-0.4, -0.2) is 27.2 Å². The quantitative estimate of drug-likeness (QED) is 0.755. The van der Waals surface area contributed by atoms with Gasteiger partial charge in [0.15, 0.2) is 0 Å². The van der Waals surface area contributed by atoms with Crippen molar-refractivity contribution in [2.24, 2.45) is 0 Å². The Bertz CT molecular complexity index is 964. The summed E-state index contributed by atoms with van der Waals surface area (Å²) in [6.45, 7) is 2.23. The van der Waals surface area contributed by atoms with Gasteiger partial charge in [0.1, 0.15) is 17.0 Å². The Labute approximate surface area is 148 Å². The number of halogens is 1. The van der Waals surface area contributed by atoms with Crippen molar-refractivity contribution in [1.82, 2.24) is 20.0 Å². The number of amides is 1. The summed E-state index contributed by atoms with van der Waals surface area (Å²) in [4.78, 5) is 28.1. The molecule has 3 aromatic rings. The number of hydrogen-bond acceptors (Lipinski definition) is 5. The molecule has 0 unspecified atom stereocenters. The van der Waals surface area contributed by atoms with Crippen molar-refractivity contribution in [3.8, 4) is 11.3 Å². The van der Waals surface area contributed by atoms with E-state index in [1.54, 1.807) is 25.1 Å². The molecule has 2 heterocycles. The zero-order valence-electron chi connectivity index (χ0n) is 13.4. The van der Waals surface area contributed by atoms with Crippen LogP contribution in [0.2, 0.25) is 5.02 Å². The Morgan fingerprint density at radius 3 is 2.88 bits per heavy atom. The Kier molecular flexibility index (Phi) is 4.95. The van der Waals surface area contributed by atoms with Gasteiger partial charge >= 0.3 is 0 Å². The highest BCUT2D eigenvalue weighted by molar-refractivity contribution is 6.33. The fourth-order valence-corrected chi connectivity index (χ4v) is 2.63. The van der Waals surface area contributed by atoms with E-state index in [0.29, 0.717) is 34.1 Å². The Hall–Kier alpha value is -2.93. The predicted molar refractivity (Wildman–Crippen MR) is 92.5 cm³/mol. The first-order chi connectivity index (χ1) is 12.1. The second-order valence-corrected chi connectivity index (χ2v) is 5.72. The molecular formula is C17H15ClN4O3. The van der Waals surface area contributed by atoms with E-state index in [1.165, 1.54) is 23.2 Å². The molecule has 8 heteroatoms. The molecule has 0 aliphatic carbocycles. The Balaban J connectivity index is 1.77. The van der Waals surface area contributed by atoms with Gasteiger partial charge in [-0.2, -0.15) is 0 Å². The average Bonchev–Trinajstić information content (AvgIpc) is 2.98. The summed E-state index contributed by atoms with van der Waals surface area (Å²) in [6.07, 6.45) is 2.85. The lowest BCUT2D eigenvalue weighted by atomic mass is 10.1. The summed E-state index contributed by atoms with van der Waals surface area (Å²) in [5.74, 6) is 0.0524. The van der Waals surface area contributed by atoms with E-state index in [1.807, 2.05) is 6.07 Å². The molecule has 0 bridgehead atoms. The molecule has 0 aliphatic rings. The number of carbonyl (C=O) groups is 1. The molecule has 7 nitrogen and oxygen atoms in total. The van der Waals surface area contributed by atoms with Gasteiger partial charge < -0.3 is 9.84 Å². The van der Waals surface area contributed by atoms with Crippen LogP contribution < -0.4 is 10.9 Å². The van der Waals surface area contributed by atoms with Crippen molar-refractivity contribution >= 4 is 17.5 Å². The molecule has 1 N–H and O–H groups in total. The van der Waals surface area contributed by atoms with Crippen molar-refractivity contribution in [1.29, 1.82) is 0 Å². The second kappa shape index (κ2) is 7.31. The van der Waals surface area contributed by atoms with E-state index in [2.05, 4.69) is 15.5 Å². The zero-order valence-corrected chi connectivity index (χ0v) is 14.2. The highest BCUT2D eigenvalue weighted by Gasteiger charge is 2.22. The molecule has 0 saturated carbocycles. The smallest absolute Gasteiger partial charge is 0.257 e. The minimum absolute atomic E-state index is 0.179. The molecule has 0 aliphatic heterocycles. The lowest BCUT2D eigenvalue weighted by molar-refractivity contribution is 0.0951. The number of benzene rings is 1. The molecule has 0 fully saturated rings. The van der Waals surface area contributed by atoms with E-state index >= 15 is 0 Å². The fraction of sp³-hybridized carbons (Fsp3) is 0.176. The summed E-state index contributed by atoms with van der Waals surface area (Å²) < 4.78 is 6.59. The number of nitrogens with zero attached hydrogens (tertiary/aromatic N) is 3. The highest BCUT2D eigenvalue weighted by atomic mass is 35.5. The van der Waals surface area contributed by atoms with E-state index in [-0.39, 0.29) is 18.0 Å². The van der Waals surface area contributed by atoms with Crippen LogP contribution in [0.4, 0.5) is 0 Å². The second-order valence-electron chi connectivity index (χ2n) is 5.31. The van der Waals surface area contributed by atoms with Crippen molar-refractivity contribution in [2.75, 3.05) is 6.54 Å². The van der Waals surface area contributed by atoms with Crippen molar-refractivity contribution in [2.45, 2.75) is 13.5 Å². The minimum Gasteiger partial charge on any atom is -0.360 e. The van der Waals surface area contributed by atoms with Gasteiger partial charge in [-0.15, -0.1) is 0 Å². The monoisotopic (exact) mass is 358 g/mol. The SMILES string of the molecule is Cc1onc(-c2ccccc2Cl)c1C(=O)NCCn1cnccc1=O. The van der Waals surface area contributed by atoms with Crippen LogP contribution in [0, 0.1) is 6.92 Å². The van der Waals surface area contributed by atoms with Crippen molar-refractivity contribution in [3.05, 3.63) is 69.6 Å². The first-order valence-electron chi connectivity index (χ1n) is 7.57. The fourth-order valence-electron chi connectivity index (χ4n) is 2.40. The molecule has 1 aromatic carbocycles. The van der Waals surface area contributed by atoms with Gasteiger partial charge in [-0.3, -0.25) is 14.2 Å². The van der Waals surface area contributed by atoms with Gasteiger partial charge in [0.25, 0.3) is 11.5 Å². The molecule has 3 rings (SSSR count). The molecule has 25 heavy (non-hydrogen) atoms. The first-order valence-corrected chi connectivity index (χ1v) is 7.95. The zero-order chi connectivity index (χ0) is 17.8. The van der Waals surface area contributed by atoms with Gasteiger partial charge in [0, 0.05) is 30.9 Å². The van der Waals surface area contributed by atoms with E-state index in [4.69, 9.17) is 16.1 Å². The maximum atomic E-state index is 12.6. The van der Waals surface area contributed by atoms with Crippen molar-refractivity contribution in [3.63, 3.8) is 0 Å². The summed E-state index contributed by atoms with van der Waals surface area (Å²) in [5, 5.41) is 7.20. The van der Waals surface area contributed by atoms with Gasteiger partial charge in [-0.25, -0.2) is 4.98 Å².